The summed E-state index contributed by atoms with van der Waals surface area (Å²) in [6.45, 7) is 3.96. The summed E-state index contributed by atoms with van der Waals surface area (Å²) >= 11 is 0. The summed E-state index contributed by atoms with van der Waals surface area (Å²) in [7, 11) is 0. The topological polar surface area (TPSA) is 66.6 Å². The fraction of sp³-hybridized carbons (Fsp3) is 0.533. The van der Waals surface area contributed by atoms with E-state index in [0.29, 0.717) is 29.8 Å². The van der Waals surface area contributed by atoms with Crippen LogP contribution in [0.4, 0.5) is 10.1 Å². The first kappa shape index (κ1) is 14.8. The van der Waals surface area contributed by atoms with Crippen molar-refractivity contribution in [1.29, 1.82) is 0 Å². The van der Waals surface area contributed by atoms with Crippen LogP contribution in [0.3, 0.4) is 0 Å². The molecule has 2 rings (SSSR count). The van der Waals surface area contributed by atoms with Gasteiger partial charge in [0.15, 0.2) is 0 Å². The van der Waals surface area contributed by atoms with Crippen molar-refractivity contribution >= 4 is 11.6 Å². The molecule has 1 heterocycles. The average Bonchev–Trinajstić information content (AvgIpc) is 2.41. The van der Waals surface area contributed by atoms with Crippen LogP contribution >= 0.6 is 0 Å². The third-order valence-corrected chi connectivity index (χ3v) is 3.90. The predicted molar refractivity (Wildman–Crippen MR) is 76.0 cm³/mol. The third-order valence-electron chi connectivity index (χ3n) is 3.90. The van der Waals surface area contributed by atoms with Gasteiger partial charge in [0.25, 0.3) is 0 Å². The van der Waals surface area contributed by atoms with E-state index in [2.05, 4.69) is 0 Å². The quantitative estimate of drug-likeness (QED) is 0.890. The van der Waals surface area contributed by atoms with E-state index in [9.17, 15) is 14.3 Å². The maximum absolute atomic E-state index is 13.7. The monoisotopic (exact) mass is 280 g/mol. The molecule has 0 saturated carbocycles. The molecule has 2 atom stereocenters. The molecule has 0 aromatic heterocycles. The van der Waals surface area contributed by atoms with Crippen LogP contribution in [0.1, 0.15) is 43.4 Å². The van der Waals surface area contributed by atoms with Crippen LogP contribution in [0.15, 0.2) is 12.1 Å². The molecule has 20 heavy (non-hydrogen) atoms. The van der Waals surface area contributed by atoms with Gasteiger partial charge in [-0.2, -0.15) is 0 Å². The summed E-state index contributed by atoms with van der Waals surface area (Å²) in [5.41, 5.74) is 7.18. The predicted octanol–water partition coefficient (Wildman–Crippen LogP) is 2.03. The van der Waals surface area contributed by atoms with Crippen molar-refractivity contribution in [1.82, 2.24) is 0 Å². The lowest BCUT2D eigenvalue weighted by Crippen LogP contribution is -2.48. The number of carbonyl (C=O) groups is 1. The fourth-order valence-corrected chi connectivity index (χ4v) is 2.78. The molecule has 1 saturated heterocycles. The van der Waals surface area contributed by atoms with Gasteiger partial charge in [-0.25, -0.2) is 4.39 Å². The lowest BCUT2D eigenvalue weighted by Gasteiger charge is -2.37. The highest BCUT2D eigenvalue weighted by Crippen LogP contribution is 2.33. The van der Waals surface area contributed by atoms with Gasteiger partial charge < -0.3 is 15.7 Å². The number of hydrogen-bond donors (Lipinski definition) is 2. The summed E-state index contributed by atoms with van der Waals surface area (Å²) in [6.07, 6.45) is 1.81. The third kappa shape index (κ3) is 2.77. The maximum Gasteiger partial charge on any atom is 0.240 e. The van der Waals surface area contributed by atoms with Gasteiger partial charge in [-0.3, -0.25) is 4.79 Å². The van der Waals surface area contributed by atoms with E-state index in [1.165, 1.54) is 6.07 Å². The highest BCUT2D eigenvalue weighted by atomic mass is 19.1. The molecule has 5 heteroatoms. The number of carbonyl (C=O) groups excluding carboxylic acids is 1. The number of aryl methyl sites for hydroxylation is 1. The number of primary amides is 1. The lowest BCUT2D eigenvalue weighted by molar-refractivity contribution is -0.119. The van der Waals surface area contributed by atoms with Gasteiger partial charge in [0.05, 0.1) is 6.10 Å². The molecular weight excluding hydrogens is 259 g/mol. The van der Waals surface area contributed by atoms with Crippen molar-refractivity contribution < 1.29 is 14.3 Å². The van der Waals surface area contributed by atoms with Gasteiger partial charge in [-0.1, -0.05) is 0 Å². The second kappa shape index (κ2) is 5.79. The van der Waals surface area contributed by atoms with Crippen LogP contribution in [-0.4, -0.2) is 23.6 Å². The standard InChI is InChI=1S/C15H21FN2O2/c1-9-7-14(11(10(2)19)8-12(9)16)18-6-4-3-5-13(18)15(17)20/h7-8,10,13,19H,3-6H2,1-2H3,(H2,17,20)/t10-,13?/m0/s1. The molecular formula is C15H21FN2O2. The van der Waals surface area contributed by atoms with E-state index in [1.54, 1.807) is 19.9 Å². The Morgan fingerprint density at radius 2 is 2.20 bits per heavy atom. The number of piperidine rings is 1. The largest absolute Gasteiger partial charge is 0.389 e. The minimum atomic E-state index is -0.796. The molecule has 0 bridgehead atoms. The van der Waals surface area contributed by atoms with Crippen molar-refractivity contribution in [3.05, 3.63) is 29.1 Å². The van der Waals surface area contributed by atoms with E-state index in [1.807, 2.05) is 4.90 Å². The number of nitrogens with zero attached hydrogens (tertiary/aromatic N) is 1. The number of aliphatic hydroxyl groups excluding tert-OH is 1. The second-order valence-electron chi connectivity index (χ2n) is 5.44. The van der Waals surface area contributed by atoms with E-state index < -0.39 is 6.10 Å². The Morgan fingerprint density at radius 3 is 2.80 bits per heavy atom. The minimum absolute atomic E-state index is 0.350. The zero-order chi connectivity index (χ0) is 14.9. The van der Waals surface area contributed by atoms with E-state index in [4.69, 9.17) is 5.73 Å². The summed E-state index contributed by atoms with van der Waals surface area (Å²) in [5.74, 6) is -0.722. The van der Waals surface area contributed by atoms with Gasteiger partial charge in [0.1, 0.15) is 11.9 Å². The van der Waals surface area contributed by atoms with Crippen molar-refractivity contribution in [3.63, 3.8) is 0 Å². The zero-order valence-corrected chi connectivity index (χ0v) is 11.9. The van der Waals surface area contributed by atoms with Crippen molar-refractivity contribution in [2.75, 3.05) is 11.4 Å². The minimum Gasteiger partial charge on any atom is -0.389 e. The Morgan fingerprint density at radius 1 is 1.50 bits per heavy atom. The van der Waals surface area contributed by atoms with Gasteiger partial charge >= 0.3 is 0 Å². The molecule has 1 fully saturated rings. The van der Waals surface area contributed by atoms with E-state index >= 15 is 0 Å². The number of amides is 1. The first-order chi connectivity index (χ1) is 9.41. The Hall–Kier alpha value is -1.62. The molecule has 1 aliphatic rings. The van der Waals surface area contributed by atoms with Crippen LogP contribution in [0, 0.1) is 12.7 Å². The van der Waals surface area contributed by atoms with Gasteiger partial charge in [-0.05, 0) is 50.8 Å². The number of halogens is 1. The number of nitrogens with two attached hydrogens (primary N) is 1. The zero-order valence-electron chi connectivity index (χ0n) is 11.9. The molecule has 110 valence electrons. The molecule has 1 amide bonds. The molecule has 4 nitrogen and oxygen atoms in total. The number of hydrogen-bond acceptors (Lipinski definition) is 3. The number of anilines is 1. The molecule has 1 unspecified atom stereocenters. The van der Waals surface area contributed by atoms with Crippen LogP contribution in [-0.2, 0) is 4.79 Å². The van der Waals surface area contributed by atoms with Gasteiger partial charge in [0.2, 0.25) is 5.91 Å². The van der Waals surface area contributed by atoms with Crippen LogP contribution in [0.2, 0.25) is 0 Å². The van der Waals surface area contributed by atoms with Crippen molar-refractivity contribution in [2.45, 2.75) is 45.3 Å². The Kier molecular flexibility index (Phi) is 4.28. The van der Waals surface area contributed by atoms with Crippen LogP contribution in [0.5, 0.6) is 0 Å². The molecule has 0 aliphatic carbocycles. The van der Waals surface area contributed by atoms with Crippen molar-refractivity contribution in [2.24, 2.45) is 5.73 Å². The Labute approximate surface area is 118 Å². The normalized spacial score (nSPS) is 20.8. The SMILES string of the molecule is Cc1cc(N2CCCCC2C(N)=O)c([C@H](C)O)cc1F. The molecule has 0 radical (unpaired) electrons. The van der Waals surface area contributed by atoms with Crippen LogP contribution < -0.4 is 10.6 Å². The summed E-state index contributed by atoms with van der Waals surface area (Å²) in [5, 5.41) is 9.87. The highest BCUT2D eigenvalue weighted by Gasteiger charge is 2.29. The summed E-state index contributed by atoms with van der Waals surface area (Å²) < 4.78 is 13.7. The second-order valence-corrected chi connectivity index (χ2v) is 5.44. The van der Waals surface area contributed by atoms with Gasteiger partial charge in [-0.15, -0.1) is 0 Å². The van der Waals surface area contributed by atoms with Crippen LogP contribution in [0.25, 0.3) is 0 Å². The molecule has 1 aliphatic heterocycles. The summed E-state index contributed by atoms with van der Waals surface area (Å²) in [4.78, 5) is 13.5. The van der Waals surface area contributed by atoms with Gasteiger partial charge in [0, 0.05) is 17.8 Å². The van der Waals surface area contributed by atoms with E-state index in [0.717, 1.165) is 12.8 Å². The smallest absolute Gasteiger partial charge is 0.240 e. The Bertz CT molecular complexity index is 517. The fourth-order valence-electron chi connectivity index (χ4n) is 2.78. The highest BCUT2D eigenvalue weighted by molar-refractivity contribution is 5.84. The number of benzene rings is 1. The van der Waals surface area contributed by atoms with Crippen molar-refractivity contribution in [3.8, 4) is 0 Å². The first-order valence-corrected chi connectivity index (χ1v) is 6.96. The lowest BCUT2D eigenvalue weighted by atomic mass is 9.97. The van der Waals surface area contributed by atoms with E-state index in [-0.39, 0.29) is 17.8 Å². The molecule has 3 N–H and O–H groups in total. The molecule has 1 aromatic rings. The maximum atomic E-state index is 13.7. The number of aliphatic hydroxyl groups is 1. The number of rotatable bonds is 3. The average molecular weight is 280 g/mol. The summed E-state index contributed by atoms with van der Waals surface area (Å²) in [6, 6.07) is 2.66. The first-order valence-electron chi connectivity index (χ1n) is 6.96. The Balaban J connectivity index is 2.48. The molecule has 0 spiro atoms. The molecule has 1 aromatic carbocycles.